The van der Waals surface area contributed by atoms with Crippen molar-refractivity contribution >= 4 is 17.7 Å². The van der Waals surface area contributed by atoms with Crippen molar-refractivity contribution in [3.8, 4) is 0 Å². The van der Waals surface area contributed by atoms with Gasteiger partial charge in [0.15, 0.2) is 0 Å². The molecule has 0 bridgehead atoms. The van der Waals surface area contributed by atoms with Crippen LogP contribution in [0.5, 0.6) is 0 Å². The molecule has 2 aromatic carbocycles. The fourth-order valence-corrected chi connectivity index (χ4v) is 3.09. The Balaban J connectivity index is 1.80. The molecule has 0 spiro atoms. The number of nitrogens with two attached hydrogens (primary N) is 1. The number of hydrogen-bond acceptors (Lipinski definition) is 3. The number of hydrogen-bond donors (Lipinski definition) is 2. The topological polar surface area (TPSA) is 55.1 Å². The van der Waals surface area contributed by atoms with Crippen LogP contribution in [0.15, 0.2) is 60.7 Å². The standard InChI is InChI=1S/C19H24N2OS/c1-23-18(21-19(22)16-10-6-3-7-11-16)14-17(20)13-12-15-8-4-2-5-9-15/h2-11,17-18H,12-14,20H2,1H3,(H,21,22). The zero-order chi connectivity index (χ0) is 16.5. The molecule has 0 saturated heterocycles. The highest BCUT2D eigenvalue weighted by Gasteiger charge is 2.16. The predicted molar refractivity (Wildman–Crippen MR) is 98.6 cm³/mol. The van der Waals surface area contributed by atoms with Crippen LogP contribution in [0.1, 0.15) is 28.8 Å². The number of rotatable bonds is 8. The molecule has 3 nitrogen and oxygen atoms in total. The van der Waals surface area contributed by atoms with Gasteiger partial charge in [0.05, 0.1) is 5.37 Å². The third kappa shape index (κ3) is 6.08. The Bertz CT molecular complexity index is 589. The van der Waals surface area contributed by atoms with Crippen molar-refractivity contribution in [1.29, 1.82) is 0 Å². The molecule has 2 rings (SSSR count). The quantitative estimate of drug-likeness (QED) is 0.730. The first-order valence-electron chi connectivity index (χ1n) is 7.87. The molecule has 23 heavy (non-hydrogen) atoms. The van der Waals surface area contributed by atoms with Crippen LogP contribution in [0.25, 0.3) is 0 Å². The maximum Gasteiger partial charge on any atom is 0.252 e. The SMILES string of the molecule is CSC(CC(N)CCc1ccccc1)NC(=O)c1ccccc1. The Hall–Kier alpha value is -1.78. The molecule has 0 aromatic heterocycles. The zero-order valence-corrected chi connectivity index (χ0v) is 14.3. The Morgan fingerprint density at radius 1 is 1.09 bits per heavy atom. The Morgan fingerprint density at radius 2 is 1.70 bits per heavy atom. The average molecular weight is 328 g/mol. The Labute approximate surface area is 142 Å². The van der Waals surface area contributed by atoms with Gasteiger partial charge in [-0.1, -0.05) is 48.5 Å². The summed E-state index contributed by atoms with van der Waals surface area (Å²) >= 11 is 1.63. The van der Waals surface area contributed by atoms with Crippen molar-refractivity contribution in [3.05, 3.63) is 71.8 Å². The van der Waals surface area contributed by atoms with E-state index in [1.54, 1.807) is 11.8 Å². The lowest BCUT2D eigenvalue weighted by molar-refractivity contribution is 0.0948. The minimum Gasteiger partial charge on any atom is -0.340 e. The van der Waals surface area contributed by atoms with E-state index in [0.717, 1.165) is 19.3 Å². The van der Waals surface area contributed by atoms with E-state index in [1.807, 2.05) is 54.8 Å². The zero-order valence-electron chi connectivity index (χ0n) is 13.4. The summed E-state index contributed by atoms with van der Waals surface area (Å²) in [4.78, 5) is 12.2. The first kappa shape index (κ1) is 17.6. The fourth-order valence-electron chi connectivity index (χ4n) is 2.42. The van der Waals surface area contributed by atoms with Gasteiger partial charge in [-0.2, -0.15) is 0 Å². The van der Waals surface area contributed by atoms with Crippen molar-refractivity contribution in [2.75, 3.05) is 6.26 Å². The predicted octanol–water partition coefficient (Wildman–Crippen LogP) is 3.46. The fraction of sp³-hybridized carbons (Fsp3) is 0.316. The molecule has 0 aliphatic heterocycles. The molecule has 0 heterocycles. The van der Waals surface area contributed by atoms with Gasteiger partial charge in [-0.3, -0.25) is 4.79 Å². The maximum atomic E-state index is 12.2. The summed E-state index contributed by atoms with van der Waals surface area (Å²) in [6.45, 7) is 0. The summed E-state index contributed by atoms with van der Waals surface area (Å²) in [6.07, 6.45) is 4.66. The highest BCUT2D eigenvalue weighted by molar-refractivity contribution is 7.99. The Kier molecular flexibility index (Phi) is 7.17. The first-order valence-corrected chi connectivity index (χ1v) is 9.16. The number of carbonyl (C=O) groups is 1. The van der Waals surface area contributed by atoms with Gasteiger partial charge < -0.3 is 11.1 Å². The van der Waals surface area contributed by atoms with Crippen molar-refractivity contribution in [2.45, 2.75) is 30.7 Å². The van der Waals surface area contributed by atoms with E-state index in [0.29, 0.717) is 5.56 Å². The van der Waals surface area contributed by atoms with Crippen LogP contribution < -0.4 is 11.1 Å². The molecule has 2 atom stereocenters. The normalized spacial score (nSPS) is 13.3. The van der Waals surface area contributed by atoms with Crippen LogP contribution in [0.3, 0.4) is 0 Å². The van der Waals surface area contributed by atoms with E-state index < -0.39 is 0 Å². The summed E-state index contributed by atoms with van der Waals surface area (Å²) in [7, 11) is 0. The van der Waals surface area contributed by atoms with Gasteiger partial charge in [-0.15, -0.1) is 11.8 Å². The lowest BCUT2D eigenvalue weighted by Gasteiger charge is -2.20. The van der Waals surface area contributed by atoms with Crippen LogP contribution in [-0.4, -0.2) is 23.6 Å². The smallest absolute Gasteiger partial charge is 0.252 e. The van der Waals surface area contributed by atoms with E-state index in [2.05, 4.69) is 17.4 Å². The van der Waals surface area contributed by atoms with E-state index in [4.69, 9.17) is 5.73 Å². The van der Waals surface area contributed by atoms with Crippen molar-refractivity contribution < 1.29 is 4.79 Å². The largest absolute Gasteiger partial charge is 0.340 e. The minimum absolute atomic E-state index is 0.0356. The number of amides is 1. The average Bonchev–Trinajstić information content (AvgIpc) is 2.61. The molecule has 2 aromatic rings. The van der Waals surface area contributed by atoms with Crippen LogP contribution in [0, 0.1) is 0 Å². The molecule has 3 N–H and O–H groups in total. The highest BCUT2D eigenvalue weighted by atomic mass is 32.2. The second-order valence-corrected chi connectivity index (χ2v) is 6.62. The number of thioether (sulfide) groups is 1. The third-order valence-electron chi connectivity index (χ3n) is 3.78. The molecule has 0 fully saturated rings. The van der Waals surface area contributed by atoms with Gasteiger partial charge in [-0.25, -0.2) is 0 Å². The molecule has 122 valence electrons. The molecule has 0 aliphatic rings. The summed E-state index contributed by atoms with van der Waals surface area (Å²) < 4.78 is 0. The third-order valence-corrected chi connectivity index (χ3v) is 4.66. The van der Waals surface area contributed by atoms with Crippen molar-refractivity contribution in [3.63, 3.8) is 0 Å². The van der Waals surface area contributed by atoms with Gasteiger partial charge in [0.2, 0.25) is 0 Å². The summed E-state index contributed by atoms with van der Waals surface area (Å²) in [5.41, 5.74) is 8.24. The van der Waals surface area contributed by atoms with Gasteiger partial charge in [0.25, 0.3) is 5.91 Å². The molecule has 1 amide bonds. The monoisotopic (exact) mass is 328 g/mol. The summed E-state index contributed by atoms with van der Waals surface area (Å²) in [5, 5.41) is 3.09. The van der Waals surface area contributed by atoms with Gasteiger partial charge >= 0.3 is 0 Å². The van der Waals surface area contributed by atoms with Crippen LogP contribution in [0.2, 0.25) is 0 Å². The van der Waals surface area contributed by atoms with E-state index in [1.165, 1.54) is 5.56 Å². The summed E-state index contributed by atoms with van der Waals surface area (Å²) in [6, 6.07) is 19.7. The molecule has 4 heteroatoms. The first-order chi connectivity index (χ1) is 11.2. The van der Waals surface area contributed by atoms with Gasteiger partial charge in [0.1, 0.15) is 0 Å². The van der Waals surface area contributed by atoms with Crippen molar-refractivity contribution in [1.82, 2.24) is 5.32 Å². The summed E-state index contributed by atoms with van der Waals surface area (Å²) in [5.74, 6) is -0.0415. The molecule has 0 radical (unpaired) electrons. The molecular formula is C19H24N2OS. The van der Waals surface area contributed by atoms with Gasteiger partial charge in [0, 0.05) is 11.6 Å². The van der Waals surface area contributed by atoms with E-state index >= 15 is 0 Å². The lowest BCUT2D eigenvalue weighted by atomic mass is 10.0. The van der Waals surface area contributed by atoms with Gasteiger partial charge in [-0.05, 0) is 43.2 Å². The number of aryl methyl sites for hydroxylation is 1. The second-order valence-electron chi connectivity index (χ2n) is 5.58. The maximum absolute atomic E-state index is 12.2. The molecule has 0 aliphatic carbocycles. The van der Waals surface area contributed by atoms with Crippen LogP contribution in [0.4, 0.5) is 0 Å². The van der Waals surface area contributed by atoms with E-state index in [-0.39, 0.29) is 17.3 Å². The molecular weight excluding hydrogens is 304 g/mol. The molecule has 2 unspecified atom stereocenters. The minimum atomic E-state index is -0.0415. The lowest BCUT2D eigenvalue weighted by Crippen LogP contribution is -2.37. The highest BCUT2D eigenvalue weighted by Crippen LogP contribution is 2.14. The number of carbonyl (C=O) groups excluding carboxylic acids is 1. The Morgan fingerprint density at radius 3 is 2.30 bits per heavy atom. The number of nitrogens with one attached hydrogen (secondary N) is 1. The second kappa shape index (κ2) is 9.38. The number of benzene rings is 2. The van der Waals surface area contributed by atoms with Crippen LogP contribution >= 0.6 is 11.8 Å². The molecule has 0 saturated carbocycles. The van der Waals surface area contributed by atoms with Crippen LogP contribution in [-0.2, 0) is 6.42 Å². The van der Waals surface area contributed by atoms with E-state index in [9.17, 15) is 4.79 Å². The van der Waals surface area contributed by atoms with Crippen molar-refractivity contribution in [2.24, 2.45) is 5.73 Å².